The van der Waals surface area contributed by atoms with Crippen molar-refractivity contribution in [3.8, 4) is 0 Å². The zero-order valence-electron chi connectivity index (χ0n) is 10.2. The van der Waals surface area contributed by atoms with Crippen LogP contribution in [0.25, 0.3) is 4.96 Å². The molecule has 0 aliphatic rings. The monoisotopic (exact) mass is 277 g/mol. The molecule has 1 unspecified atom stereocenters. The number of nitrogens with one attached hydrogen (secondary N) is 1. The van der Waals surface area contributed by atoms with E-state index in [0.29, 0.717) is 6.04 Å². The Morgan fingerprint density at radius 2 is 2.33 bits per heavy atom. The molecule has 0 radical (unpaired) electrons. The second kappa shape index (κ2) is 5.22. The highest BCUT2D eigenvalue weighted by molar-refractivity contribution is 7.15. The SMILES string of the molecule is CCC(NCc1cn2ccsc2n1)c1cccs1. The molecular weight excluding hydrogens is 262 g/mol. The fourth-order valence-corrected chi connectivity index (χ4v) is 3.63. The number of aromatic nitrogens is 2. The molecule has 0 amide bonds. The first-order valence-electron chi connectivity index (χ1n) is 6.04. The molecule has 1 atom stereocenters. The van der Waals surface area contributed by atoms with Crippen LogP contribution in [0.15, 0.2) is 35.3 Å². The number of imidazole rings is 1. The van der Waals surface area contributed by atoms with E-state index in [-0.39, 0.29) is 0 Å². The van der Waals surface area contributed by atoms with Crippen molar-refractivity contribution in [3.05, 3.63) is 45.9 Å². The summed E-state index contributed by atoms with van der Waals surface area (Å²) in [5.41, 5.74) is 1.11. The third-order valence-corrected chi connectivity index (χ3v) is 4.72. The highest BCUT2D eigenvalue weighted by atomic mass is 32.1. The lowest BCUT2D eigenvalue weighted by Crippen LogP contribution is -2.19. The largest absolute Gasteiger partial charge is 0.303 e. The molecule has 3 aromatic rings. The molecule has 94 valence electrons. The lowest BCUT2D eigenvalue weighted by molar-refractivity contribution is 0.522. The zero-order valence-corrected chi connectivity index (χ0v) is 11.8. The second-order valence-corrected chi connectivity index (χ2v) is 6.03. The molecule has 5 heteroatoms. The van der Waals surface area contributed by atoms with E-state index in [9.17, 15) is 0 Å². The summed E-state index contributed by atoms with van der Waals surface area (Å²) in [6.07, 6.45) is 5.25. The fraction of sp³-hybridized carbons (Fsp3) is 0.308. The van der Waals surface area contributed by atoms with Gasteiger partial charge in [-0.1, -0.05) is 13.0 Å². The van der Waals surface area contributed by atoms with E-state index in [2.05, 4.69) is 50.7 Å². The van der Waals surface area contributed by atoms with E-state index in [1.54, 1.807) is 11.3 Å². The van der Waals surface area contributed by atoms with Gasteiger partial charge in [0.2, 0.25) is 0 Å². The minimum atomic E-state index is 0.435. The van der Waals surface area contributed by atoms with Crippen LogP contribution in [-0.4, -0.2) is 9.38 Å². The first-order chi connectivity index (χ1) is 8.86. The number of thiophene rings is 1. The van der Waals surface area contributed by atoms with Gasteiger partial charge in [0.25, 0.3) is 0 Å². The van der Waals surface area contributed by atoms with Crippen LogP contribution in [-0.2, 0) is 6.54 Å². The summed E-state index contributed by atoms with van der Waals surface area (Å²) in [6, 6.07) is 4.74. The summed E-state index contributed by atoms with van der Waals surface area (Å²) < 4.78 is 2.08. The summed E-state index contributed by atoms with van der Waals surface area (Å²) in [5.74, 6) is 0. The fourth-order valence-electron chi connectivity index (χ4n) is 2.02. The second-order valence-electron chi connectivity index (χ2n) is 4.18. The van der Waals surface area contributed by atoms with Crippen LogP contribution in [0, 0.1) is 0 Å². The van der Waals surface area contributed by atoms with Gasteiger partial charge < -0.3 is 5.32 Å². The lowest BCUT2D eigenvalue weighted by atomic mass is 10.2. The molecule has 0 bridgehead atoms. The van der Waals surface area contributed by atoms with Crippen molar-refractivity contribution >= 4 is 27.6 Å². The standard InChI is InChI=1S/C13H15N3S2/c1-2-11(12-4-3-6-17-12)14-8-10-9-16-5-7-18-13(16)15-10/h3-7,9,11,14H,2,8H2,1H3. The number of hydrogen-bond acceptors (Lipinski definition) is 4. The Bertz CT molecular complexity index is 581. The third-order valence-electron chi connectivity index (χ3n) is 2.97. The summed E-state index contributed by atoms with van der Waals surface area (Å²) in [7, 11) is 0. The number of hydrogen-bond donors (Lipinski definition) is 1. The molecule has 0 saturated heterocycles. The maximum Gasteiger partial charge on any atom is 0.193 e. The average Bonchev–Trinajstić information content (AvgIpc) is 3.04. The van der Waals surface area contributed by atoms with Crippen LogP contribution in [0.1, 0.15) is 30.0 Å². The predicted octanol–water partition coefficient (Wildman–Crippen LogP) is 3.70. The maximum absolute atomic E-state index is 4.58. The van der Waals surface area contributed by atoms with Crippen molar-refractivity contribution in [3.63, 3.8) is 0 Å². The third kappa shape index (κ3) is 2.34. The molecule has 3 aromatic heterocycles. The van der Waals surface area contributed by atoms with Crippen molar-refractivity contribution in [1.82, 2.24) is 14.7 Å². The Balaban J connectivity index is 1.68. The van der Waals surface area contributed by atoms with Crippen molar-refractivity contribution in [1.29, 1.82) is 0 Å². The summed E-state index contributed by atoms with van der Waals surface area (Å²) in [4.78, 5) is 7.05. The van der Waals surface area contributed by atoms with E-state index in [4.69, 9.17) is 0 Å². The van der Waals surface area contributed by atoms with Gasteiger partial charge >= 0.3 is 0 Å². The van der Waals surface area contributed by atoms with Crippen LogP contribution in [0.3, 0.4) is 0 Å². The highest BCUT2D eigenvalue weighted by Gasteiger charge is 2.10. The minimum Gasteiger partial charge on any atom is -0.303 e. The Labute approximate surface area is 114 Å². The molecule has 3 rings (SSSR count). The first kappa shape index (κ1) is 11.9. The Kier molecular flexibility index (Phi) is 3.45. The average molecular weight is 277 g/mol. The quantitative estimate of drug-likeness (QED) is 0.770. The van der Waals surface area contributed by atoms with E-state index in [1.807, 2.05) is 17.5 Å². The number of fused-ring (bicyclic) bond motifs is 1. The topological polar surface area (TPSA) is 29.3 Å². The number of nitrogens with zero attached hydrogens (tertiary/aromatic N) is 2. The molecule has 0 aromatic carbocycles. The first-order valence-corrected chi connectivity index (χ1v) is 7.80. The number of rotatable bonds is 5. The molecule has 3 nitrogen and oxygen atoms in total. The Morgan fingerprint density at radius 3 is 3.06 bits per heavy atom. The van der Waals surface area contributed by atoms with Crippen molar-refractivity contribution in [2.75, 3.05) is 0 Å². The summed E-state index contributed by atoms with van der Waals surface area (Å²) in [5, 5.41) is 7.76. The van der Waals surface area contributed by atoms with Crippen LogP contribution in [0.4, 0.5) is 0 Å². The molecular formula is C13H15N3S2. The molecule has 18 heavy (non-hydrogen) atoms. The van der Waals surface area contributed by atoms with Gasteiger partial charge in [0.05, 0.1) is 5.69 Å². The lowest BCUT2D eigenvalue weighted by Gasteiger charge is -2.14. The van der Waals surface area contributed by atoms with E-state index in [0.717, 1.165) is 23.6 Å². The van der Waals surface area contributed by atoms with Gasteiger partial charge in [0.15, 0.2) is 4.96 Å². The molecule has 3 heterocycles. The van der Waals surface area contributed by atoms with Crippen LogP contribution in [0.5, 0.6) is 0 Å². The molecule has 0 fully saturated rings. The van der Waals surface area contributed by atoms with E-state index < -0.39 is 0 Å². The van der Waals surface area contributed by atoms with Gasteiger partial charge in [-0.3, -0.25) is 4.40 Å². The van der Waals surface area contributed by atoms with E-state index in [1.165, 1.54) is 4.88 Å². The van der Waals surface area contributed by atoms with Gasteiger partial charge in [0.1, 0.15) is 0 Å². The van der Waals surface area contributed by atoms with E-state index >= 15 is 0 Å². The highest BCUT2D eigenvalue weighted by Crippen LogP contribution is 2.22. The normalized spacial score (nSPS) is 13.2. The van der Waals surface area contributed by atoms with Crippen molar-refractivity contribution in [2.45, 2.75) is 25.9 Å². The van der Waals surface area contributed by atoms with Gasteiger partial charge in [0, 0.05) is 35.2 Å². The summed E-state index contributed by atoms with van der Waals surface area (Å²) in [6.45, 7) is 3.04. The molecule has 1 N–H and O–H groups in total. The minimum absolute atomic E-state index is 0.435. The molecule has 0 saturated carbocycles. The number of thiazole rings is 1. The van der Waals surface area contributed by atoms with Crippen molar-refractivity contribution < 1.29 is 0 Å². The maximum atomic E-state index is 4.58. The van der Waals surface area contributed by atoms with Gasteiger partial charge in [-0.15, -0.1) is 22.7 Å². The van der Waals surface area contributed by atoms with Gasteiger partial charge in [-0.25, -0.2) is 4.98 Å². The molecule has 0 spiro atoms. The Morgan fingerprint density at radius 1 is 1.39 bits per heavy atom. The van der Waals surface area contributed by atoms with Crippen LogP contribution in [0.2, 0.25) is 0 Å². The van der Waals surface area contributed by atoms with Gasteiger partial charge in [-0.05, 0) is 17.9 Å². The van der Waals surface area contributed by atoms with Crippen LogP contribution >= 0.6 is 22.7 Å². The predicted molar refractivity (Wildman–Crippen MR) is 77.3 cm³/mol. The molecule has 0 aliphatic carbocycles. The van der Waals surface area contributed by atoms with Gasteiger partial charge in [-0.2, -0.15) is 0 Å². The molecule has 0 aliphatic heterocycles. The summed E-state index contributed by atoms with van der Waals surface area (Å²) >= 11 is 3.48. The van der Waals surface area contributed by atoms with Crippen molar-refractivity contribution in [2.24, 2.45) is 0 Å². The smallest absolute Gasteiger partial charge is 0.193 e. The zero-order chi connectivity index (χ0) is 12.4. The Hall–Kier alpha value is -1.17. The van der Waals surface area contributed by atoms with Crippen LogP contribution < -0.4 is 5.32 Å².